The summed E-state index contributed by atoms with van der Waals surface area (Å²) in [6.45, 7) is 0. The van der Waals surface area contributed by atoms with Crippen LogP contribution in [0.4, 0.5) is 5.69 Å². The number of carbonyl (C=O) groups is 1. The van der Waals surface area contributed by atoms with Crippen molar-refractivity contribution in [2.45, 2.75) is 25.3 Å². The summed E-state index contributed by atoms with van der Waals surface area (Å²) in [6, 6.07) is 9.83. The first-order valence-electron chi connectivity index (χ1n) is 6.15. The summed E-state index contributed by atoms with van der Waals surface area (Å²) in [6.07, 6.45) is 2.56. The molecule has 1 amide bonds. The van der Waals surface area contributed by atoms with E-state index >= 15 is 0 Å². The Balaban J connectivity index is 1.79. The van der Waals surface area contributed by atoms with Crippen LogP contribution in [0.5, 0.6) is 0 Å². The zero-order chi connectivity index (χ0) is 12.5. The van der Waals surface area contributed by atoms with Crippen LogP contribution in [0.3, 0.4) is 0 Å². The number of aromatic nitrogens is 1. The van der Waals surface area contributed by atoms with E-state index in [9.17, 15) is 4.79 Å². The van der Waals surface area contributed by atoms with E-state index in [0.717, 1.165) is 35.1 Å². The SMILES string of the molecule is Nc1ccc2nc(CC(=O)NC3CC3)ccc2c1. The Morgan fingerprint density at radius 2 is 2.17 bits per heavy atom. The number of hydrogen-bond donors (Lipinski definition) is 2. The summed E-state index contributed by atoms with van der Waals surface area (Å²) in [5.74, 6) is 0.0554. The second-order valence-corrected chi connectivity index (χ2v) is 4.77. The van der Waals surface area contributed by atoms with Crippen molar-refractivity contribution in [3.05, 3.63) is 36.0 Å². The molecule has 0 saturated heterocycles. The fourth-order valence-electron chi connectivity index (χ4n) is 1.96. The van der Waals surface area contributed by atoms with Crippen molar-refractivity contribution in [2.75, 3.05) is 5.73 Å². The minimum atomic E-state index is 0.0554. The summed E-state index contributed by atoms with van der Waals surface area (Å²) in [5.41, 5.74) is 8.11. The molecular formula is C14H15N3O. The smallest absolute Gasteiger partial charge is 0.226 e. The van der Waals surface area contributed by atoms with Crippen LogP contribution in [0, 0.1) is 0 Å². The van der Waals surface area contributed by atoms with Crippen molar-refractivity contribution in [1.29, 1.82) is 0 Å². The Morgan fingerprint density at radius 1 is 1.33 bits per heavy atom. The highest BCUT2D eigenvalue weighted by molar-refractivity contribution is 5.83. The van der Waals surface area contributed by atoms with Gasteiger partial charge in [-0.15, -0.1) is 0 Å². The second-order valence-electron chi connectivity index (χ2n) is 4.77. The lowest BCUT2D eigenvalue weighted by atomic mass is 10.1. The number of fused-ring (bicyclic) bond motifs is 1. The highest BCUT2D eigenvalue weighted by atomic mass is 16.1. The number of anilines is 1. The first-order chi connectivity index (χ1) is 8.70. The van der Waals surface area contributed by atoms with Gasteiger partial charge in [0.05, 0.1) is 17.6 Å². The maximum absolute atomic E-state index is 11.7. The Kier molecular flexibility index (Phi) is 2.63. The van der Waals surface area contributed by atoms with E-state index in [1.54, 1.807) is 0 Å². The van der Waals surface area contributed by atoms with Gasteiger partial charge in [0.15, 0.2) is 0 Å². The number of amides is 1. The van der Waals surface area contributed by atoms with Crippen molar-refractivity contribution in [1.82, 2.24) is 10.3 Å². The van der Waals surface area contributed by atoms with Crippen LogP contribution in [0.15, 0.2) is 30.3 Å². The number of nitrogens with one attached hydrogen (secondary N) is 1. The lowest BCUT2D eigenvalue weighted by molar-refractivity contribution is -0.120. The zero-order valence-electron chi connectivity index (χ0n) is 10.0. The van der Waals surface area contributed by atoms with Crippen LogP contribution in [-0.2, 0) is 11.2 Å². The molecule has 3 rings (SSSR count). The Morgan fingerprint density at radius 3 is 2.94 bits per heavy atom. The van der Waals surface area contributed by atoms with Crippen molar-refractivity contribution in [3.63, 3.8) is 0 Å². The molecule has 1 aliphatic rings. The molecule has 0 atom stereocenters. The quantitative estimate of drug-likeness (QED) is 0.803. The topological polar surface area (TPSA) is 68.0 Å². The van der Waals surface area contributed by atoms with Crippen LogP contribution in [0.1, 0.15) is 18.5 Å². The van der Waals surface area contributed by atoms with Gasteiger partial charge in [0.1, 0.15) is 0 Å². The maximum Gasteiger partial charge on any atom is 0.226 e. The second kappa shape index (κ2) is 4.29. The third-order valence-electron chi connectivity index (χ3n) is 3.06. The Bertz CT molecular complexity index is 605. The van der Waals surface area contributed by atoms with Crippen LogP contribution >= 0.6 is 0 Å². The molecule has 4 heteroatoms. The largest absolute Gasteiger partial charge is 0.399 e. The van der Waals surface area contributed by atoms with E-state index in [-0.39, 0.29) is 5.91 Å². The van der Waals surface area contributed by atoms with Gasteiger partial charge in [0, 0.05) is 17.1 Å². The summed E-state index contributed by atoms with van der Waals surface area (Å²) in [4.78, 5) is 16.1. The Hall–Kier alpha value is -2.10. The van der Waals surface area contributed by atoms with Crippen molar-refractivity contribution in [2.24, 2.45) is 0 Å². The molecule has 1 fully saturated rings. The summed E-state index contributed by atoms with van der Waals surface area (Å²) < 4.78 is 0. The molecule has 1 saturated carbocycles. The highest BCUT2D eigenvalue weighted by Gasteiger charge is 2.23. The van der Waals surface area contributed by atoms with Crippen molar-refractivity contribution in [3.8, 4) is 0 Å². The monoisotopic (exact) mass is 241 g/mol. The third kappa shape index (κ3) is 2.42. The van der Waals surface area contributed by atoms with E-state index in [4.69, 9.17) is 5.73 Å². The number of benzene rings is 1. The summed E-state index contributed by atoms with van der Waals surface area (Å²) >= 11 is 0. The van der Waals surface area contributed by atoms with Gasteiger partial charge in [-0.05, 0) is 37.1 Å². The zero-order valence-corrected chi connectivity index (χ0v) is 10.0. The van der Waals surface area contributed by atoms with Gasteiger partial charge >= 0.3 is 0 Å². The molecule has 1 aromatic heterocycles. The lowest BCUT2D eigenvalue weighted by Crippen LogP contribution is -2.27. The first-order valence-corrected chi connectivity index (χ1v) is 6.15. The summed E-state index contributed by atoms with van der Waals surface area (Å²) in [5, 5.41) is 3.96. The molecule has 1 aromatic carbocycles. The number of nitrogens with two attached hydrogens (primary N) is 1. The number of rotatable bonds is 3. The van der Waals surface area contributed by atoms with Crippen LogP contribution < -0.4 is 11.1 Å². The lowest BCUT2D eigenvalue weighted by Gasteiger charge is -2.04. The number of pyridine rings is 1. The minimum absolute atomic E-state index is 0.0554. The molecule has 0 aliphatic heterocycles. The van der Waals surface area contributed by atoms with Gasteiger partial charge in [-0.3, -0.25) is 9.78 Å². The van der Waals surface area contributed by atoms with Crippen molar-refractivity contribution >= 4 is 22.5 Å². The predicted octanol–water partition coefficient (Wildman–Crippen LogP) is 1.64. The fraction of sp³-hybridized carbons (Fsp3) is 0.286. The molecule has 2 aromatic rings. The van der Waals surface area contributed by atoms with E-state index in [1.165, 1.54) is 0 Å². The van der Waals surface area contributed by atoms with Crippen molar-refractivity contribution < 1.29 is 4.79 Å². The maximum atomic E-state index is 11.7. The normalized spacial score (nSPS) is 14.7. The van der Waals surface area contributed by atoms with Gasteiger partial charge in [-0.1, -0.05) is 6.07 Å². The van der Waals surface area contributed by atoms with Gasteiger partial charge in [-0.25, -0.2) is 0 Å². The molecule has 4 nitrogen and oxygen atoms in total. The number of nitrogens with zero attached hydrogens (tertiary/aromatic N) is 1. The van der Waals surface area contributed by atoms with E-state index in [0.29, 0.717) is 12.5 Å². The number of carbonyl (C=O) groups excluding carboxylic acids is 1. The number of nitrogen functional groups attached to an aromatic ring is 1. The molecule has 0 bridgehead atoms. The minimum Gasteiger partial charge on any atom is -0.399 e. The fourth-order valence-corrected chi connectivity index (χ4v) is 1.96. The van der Waals surface area contributed by atoms with E-state index < -0.39 is 0 Å². The van der Waals surface area contributed by atoms with E-state index in [1.807, 2.05) is 30.3 Å². The van der Waals surface area contributed by atoms with E-state index in [2.05, 4.69) is 10.3 Å². The number of hydrogen-bond acceptors (Lipinski definition) is 3. The van der Waals surface area contributed by atoms with Gasteiger partial charge < -0.3 is 11.1 Å². The average Bonchev–Trinajstić information content (AvgIpc) is 3.13. The van der Waals surface area contributed by atoms with Crippen LogP contribution in [0.25, 0.3) is 10.9 Å². The summed E-state index contributed by atoms with van der Waals surface area (Å²) in [7, 11) is 0. The molecule has 92 valence electrons. The first kappa shape index (κ1) is 11.0. The molecule has 1 heterocycles. The molecule has 18 heavy (non-hydrogen) atoms. The van der Waals surface area contributed by atoms with Gasteiger partial charge in [0.2, 0.25) is 5.91 Å². The highest BCUT2D eigenvalue weighted by Crippen LogP contribution is 2.19. The average molecular weight is 241 g/mol. The molecule has 0 spiro atoms. The van der Waals surface area contributed by atoms with Gasteiger partial charge in [0.25, 0.3) is 0 Å². The molecular weight excluding hydrogens is 226 g/mol. The van der Waals surface area contributed by atoms with Crippen LogP contribution in [-0.4, -0.2) is 16.9 Å². The van der Waals surface area contributed by atoms with Gasteiger partial charge in [-0.2, -0.15) is 0 Å². The molecule has 0 radical (unpaired) electrons. The molecule has 3 N–H and O–H groups in total. The molecule has 0 unspecified atom stereocenters. The standard InChI is InChI=1S/C14H15N3O/c15-10-2-6-13-9(7-10)1-3-12(16-13)8-14(18)17-11-4-5-11/h1-3,6-7,11H,4-5,8,15H2,(H,17,18). The van der Waals surface area contributed by atoms with Crippen LogP contribution in [0.2, 0.25) is 0 Å². The predicted molar refractivity (Wildman–Crippen MR) is 71.0 cm³/mol. The third-order valence-corrected chi connectivity index (χ3v) is 3.06. The molecule has 1 aliphatic carbocycles. The Labute approximate surface area is 105 Å².